The average molecular weight is 221 g/mol. The summed E-state index contributed by atoms with van der Waals surface area (Å²) in [5.41, 5.74) is 0.976. The Morgan fingerprint density at radius 3 is 2.50 bits per heavy atom. The number of likely N-dealkylation sites (N-methyl/N-ethyl adjacent to an activating group) is 1. The third kappa shape index (κ3) is 1.81. The SMILES string of the molecule is CN1C(=O)[C@@H](O)[C@H](O)CC1c1ccccc1. The summed E-state index contributed by atoms with van der Waals surface area (Å²) in [6.07, 6.45) is -1.90. The Hall–Kier alpha value is -1.39. The number of aliphatic hydroxyl groups is 2. The van der Waals surface area contributed by atoms with E-state index in [4.69, 9.17) is 0 Å². The third-order valence-corrected chi connectivity index (χ3v) is 3.08. The van der Waals surface area contributed by atoms with Crippen LogP contribution in [0, 0.1) is 0 Å². The molecule has 1 heterocycles. The summed E-state index contributed by atoms with van der Waals surface area (Å²) in [4.78, 5) is 13.1. The maximum absolute atomic E-state index is 11.6. The highest BCUT2D eigenvalue weighted by atomic mass is 16.3. The Morgan fingerprint density at radius 2 is 1.88 bits per heavy atom. The Kier molecular flexibility index (Phi) is 2.94. The molecule has 0 bridgehead atoms. The molecule has 0 saturated carbocycles. The van der Waals surface area contributed by atoms with Crippen LogP contribution in [0.5, 0.6) is 0 Å². The van der Waals surface area contributed by atoms with Crippen LogP contribution in [0.2, 0.25) is 0 Å². The molecule has 2 rings (SSSR count). The van der Waals surface area contributed by atoms with Crippen LogP contribution in [0.15, 0.2) is 30.3 Å². The van der Waals surface area contributed by atoms with Gasteiger partial charge in [0.15, 0.2) is 6.10 Å². The van der Waals surface area contributed by atoms with Gasteiger partial charge >= 0.3 is 0 Å². The smallest absolute Gasteiger partial charge is 0.254 e. The van der Waals surface area contributed by atoms with Crippen LogP contribution in [0.4, 0.5) is 0 Å². The monoisotopic (exact) mass is 221 g/mol. The number of benzene rings is 1. The Balaban J connectivity index is 2.26. The zero-order valence-corrected chi connectivity index (χ0v) is 9.08. The average Bonchev–Trinajstić information content (AvgIpc) is 2.32. The zero-order chi connectivity index (χ0) is 11.7. The molecule has 1 aromatic carbocycles. The van der Waals surface area contributed by atoms with E-state index in [0.29, 0.717) is 6.42 Å². The van der Waals surface area contributed by atoms with Crippen molar-refractivity contribution in [3.05, 3.63) is 35.9 Å². The van der Waals surface area contributed by atoms with E-state index < -0.39 is 18.1 Å². The first-order valence-corrected chi connectivity index (χ1v) is 5.29. The molecule has 1 amide bonds. The second-order valence-corrected chi connectivity index (χ2v) is 4.12. The number of carbonyl (C=O) groups is 1. The highest BCUT2D eigenvalue weighted by molar-refractivity contribution is 5.82. The van der Waals surface area contributed by atoms with Crippen molar-refractivity contribution in [2.75, 3.05) is 7.05 Å². The lowest BCUT2D eigenvalue weighted by Crippen LogP contribution is -2.51. The lowest BCUT2D eigenvalue weighted by Gasteiger charge is -2.37. The molecule has 0 aromatic heterocycles. The minimum atomic E-state index is -1.29. The molecule has 4 heteroatoms. The van der Waals surface area contributed by atoms with Crippen LogP contribution in [-0.4, -0.2) is 40.3 Å². The first-order chi connectivity index (χ1) is 7.61. The number of aliphatic hydroxyl groups excluding tert-OH is 2. The summed E-state index contributed by atoms with van der Waals surface area (Å²) in [6, 6.07) is 9.36. The van der Waals surface area contributed by atoms with Gasteiger partial charge in [-0.2, -0.15) is 0 Å². The fourth-order valence-corrected chi connectivity index (χ4v) is 2.08. The van der Waals surface area contributed by atoms with E-state index in [2.05, 4.69) is 0 Å². The van der Waals surface area contributed by atoms with Crippen LogP contribution in [0.3, 0.4) is 0 Å². The molecule has 0 aliphatic carbocycles. The minimum absolute atomic E-state index is 0.160. The van der Waals surface area contributed by atoms with Crippen molar-refractivity contribution in [3.63, 3.8) is 0 Å². The van der Waals surface area contributed by atoms with E-state index in [-0.39, 0.29) is 6.04 Å². The molecule has 2 N–H and O–H groups in total. The summed E-state index contributed by atoms with van der Waals surface area (Å²) in [5, 5.41) is 19.0. The van der Waals surface area contributed by atoms with E-state index in [1.807, 2.05) is 30.3 Å². The van der Waals surface area contributed by atoms with Gasteiger partial charge in [0.2, 0.25) is 0 Å². The maximum atomic E-state index is 11.6. The van der Waals surface area contributed by atoms with Gasteiger partial charge in [-0.05, 0) is 5.56 Å². The zero-order valence-electron chi connectivity index (χ0n) is 9.08. The quantitative estimate of drug-likeness (QED) is 0.717. The number of amides is 1. The number of hydrogen-bond donors (Lipinski definition) is 2. The van der Waals surface area contributed by atoms with Gasteiger partial charge in [0.25, 0.3) is 5.91 Å². The van der Waals surface area contributed by atoms with Crippen molar-refractivity contribution < 1.29 is 15.0 Å². The van der Waals surface area contributed by atoms with Crippen LogP contribution in [0.1, 0.15) is 18.0 Å². The van der Waals surface area contributed by atoms with Crippen molar-refractivity contribution in [2.24, 2.45) is 0 Å². The second-order valence-electron chi connectivity index (χ2n) is 4.12. The predicted molar refractivity (Wildman–Crippen MR) is 58.6 cm³/mol. The van der Waals surface area contributed by atoms with Crippen LogP contribution < -0.4 is 0 Å². The molecule has 0 spiro atoms. The Bertz CT molecular complexity index is 379. The summed E-state index contributed by atoms with van der Waals surface area (Å²) in [6.45, 7) is 0. The highest BCUT2D eigenvalue weighted by Gasteiger charge is 2.38. The number of nitrogens with zero attached hydrogens (tertiary/aromatic N) is 1. The first-order valence-electron chi connectivity index (χ1n) is 5.29. The molecule has 1 fully saturated rings. The van der Waals surface area contributed by atoms with Gasteiger partial charge in [0.05, 0.1) is 12.1 Å². The molecular weight excluding hydrogens is 206 g/mol. The Labute approximate surface area is 94.1 Å². The Morgan fingerprint density at radius 1 is 1.25 bits per heavy atom. The number of piperidine rings is 1. The molecule has 1 aliphatic rings. The van der Waals surface area contributed by atoms with E-state index >= 15 is 0 Å². The van der Waals surface area contributed by atoms with Crippen molar-refractivity contribution in [2.45, 2.75) is 24.7 Å². The van der Waals surface area contributed by atoms with Gasteiger partial charge in [0, 0.05) is 13.5 Å². The summed E-state index contributed by atoms with van der Waals surface area (Å²) < 4.78 is 0. The summed E-state index contributed by atoms with van der Waals surface area (Å²) in [7, 11) is 1.65. The maximum Gasteiger partial charge on any atom is 0.254 e. The molecule has 1 aliphatic heterocycles. The standard InChI is InChI=1S/C12H15NO3/c1-13-9(8-5-3-2-4-6-8)7-10(14)11(15)12(13)16/h2-6,9-11,14-15H,7H2,1H3/t9?,10-,11+/m1/s1. The minimum Gasteiger partial charge on any atom is -0.390 e. The lowest BCUT2D eigenvalue weighted by atomic mass is 9.92. The van der Waals surface area contributed by atoms with Crippen LogP contribution in [0.25, 0.3) is 0 Å². The van der Waals surface area contributed by atoms with Gasteiger partial charge in [0.1, 0.15) is 0 Å². The second kappa shape index (κ2) is 4.23. The molecule has 1 saturated heterocycles. The van der Waals surface area contributed by atoms with Gasteiger partial charge in [-0.25, -0.2) is 0 Å². The summed E-state index contributed by atoms with van der Waals surface area (Å²) in [5.74, 6) is -0.424. The molecule has 1 unspecified atom stereocenters. The first kappa shape index (κ1) is 11.1. The molecule has 3 atom stereocenters. The number of rotatable bonds is 1. The molecule has 4 nitrogen and oxygen atoms in total. The van der Waals surface area contributed by atoms with Crippen molar-refractivity contribution in [1.82, 2.24) is 4.90 Å². The largest absolute Gasteiger partial charge is 0.390 e. The van der Waals surface area contributed by atoms with E-state index in [1.165, 1.54) is 4.90 Å². The number of carbonyl (C=O) groups excluding carboxylic acids is 1. The normalized spacial score (nSPS) is 30.6. The van der Waals surface area contributed by atoms with Crippen molar-refractivity contribution in [1.29, 1.82) is 0 Å². The predicted octanol–water partition coefficient (Wildman–Crippen LogP) is 0.312. The third-order valence-electron chi connectivity index (χ3n) is 3.08. The van der Waals surface area contributed by atoms with Crippen LogP contribution in [-0.2, 0) is 4.79 Å². The topological polar surface area (TPSA) is 60.8 Å². The van der Waals surface area contributed by atoms with E-state index in [9.17, 15) is 15.0 Å². The molecule has 86 valence electrons. The molecule has 16 heavy (non-hydrogen) atoms. The van der Waals surface area contributed by atoms with Gasteiger partial charge in [-0.3, -0.25) is 4.79 Å². The van der Waals surface area contributed by atoms with Crippen LogP contribution >= 0.6 is 0 Å². The fourth-order valence-electron chi connectivity index (χ4n) is 2.08. The van der Waals surface area contributed by atoms with Crippen molar-refractivity contribution in [3.8, 4) is 0 Å². The van der Waals surface area contributed by atoms with Crippen molar-refractivity contribution >= 4 is 5.91 Å². The summed E-state index contributed by atoms with van der Waals surface area (Å²) >= 11 is 0. The fraction of sp³-hybridized carbons (Fsp3) is 0.417. The van der Waals surface area contributed by atoms with E-state index in [1.54, 1.807) is 7.05 Å². The molecule has 1 aromatic rings. The lowest BCUT2D eigenvalue weighted by molar-refractivity contribution is -0.155. The number of hydrogen-bond acceptors (Lipinski definition) is 3. The van der Waals surface area contributed by atoms with Gasteiger partial charge in [-0.15, -0.1) is 0 Å². The van der Waals surface area contributed by atoms with E-state index in [0.717, 1.165) is 5.56 Å². The highest BCUT2D eigenvalue weighted by Crippen LogP contribution is 2.30. The molecule has 0 radical (unpaired) electrons. The van der Waals surface area contributed by atoms with Gasteiger partial charge in [-0.1, -0.05) is 30.3 Å². The molecular formula is C12H15NO3. The number of likely N-dealkylation sites (tertiary alicyclic amines) is 1. The van der Waals surface area contributed by atoms with Gasteiger partial charge < -0.3 is 15.1 Å².